The maximum Gasteiger partial charge on any atom is 0.330 e. The fourth-order valence-electron chi connectivity index (χ4n) is 1.81. The Bertz CT molecular complexity index is 499. The van der Waals surface area contributed by atoms with Gasteiger partial charge in [-0.05, 0) is 29.5 Å². The molecular weight excluding hydrogens is 242 g/mol. The molecule has 0 saturated heterocycles. The standard InChI is InChI=1S/C15H21NO3/c1-10-11(7-8-14(17)19-6)12(15(2,3)4)9-13(16-10)18-5/h7-9H,1-6H3/b8-7-. The van der Waals surface area contributed by atoms with Crippen molar-refractivity contribution in [3.05, 3.63) is 29.0 Å². The third kappa shape index (κ3) is 3.81. The number of aryl methyl sites for hydroxylation is 1. The molecule has 0 unspecified atom stereocenters. The molecule has 0 aliphatic carbocycles. The van der Waals surface area contributed by atoms with E-state index in [0.717, 1.165) is 16.8 Å². The zero-order chi connectivity index (χ0) is 14.6. The van der Waals surface area contributed by atoms with E-state index < -0.39 is 0 Å². The van der Waals surface area contributed by atoms with Crippen LogP contribution in [0.1, 0.15) is 37.6 Å². The molecule has 1 rings (SSSR count). The lowest BCUT2D eigenvalue weighted by molar-refractivity contribution is -0.134. The van der Waals surface area contributed by atoms with Gasteiger partial charge in [0.25, 0.3) is 0 Å². The monoisotopic (exact) mass is 263 g/mol. The molecule has 104 valence electrons. The van der Waals surface area contributed by atoms with E-state index in [1.807, 2.05) is 13.0 Å². The van der Waals surface area contributed by atoms with Gasteiger partial charge >= 0.3 is 5.97 Å². The van der Waals surface area contributed by atoms with Gasteiger partial charge in [0.05, 0.1) is 14.2 Å². The van der Waals surface area contributed by atoms with Crippen molar-refractivity contribution in [1.82, 2.24) is 4.98 Å². The number of aromatic nitrogens is 1. The summed E-state index contributed by atoms with van der Waals surface area (Å²) in [6, 6.07) is 1.91. The Kier molecular flexibility index (Phi) is 4.70. The largest absolute Gasteiger partial charge is 0.481 e. The second-order valence-corrected chi connectivity index (χ2v) is 5.32. The molecule has 0 atom stereocenters. The quantitative estimate of drug-likeness (QED) is 0.621. The molecule has 0 N–H and O–H groups in total. The molecule has 19 heavy (non-hydrogen) atoms. The van der Waals surface area contributed by atoms with E-state index in [1.165, 1.54) is 13.2 Å². The minimum absolute atomic E-state index is 0.0726. The molecule has 0 radical (unpaired) electrons. The van der Waals surface area contributed by atoms with Crippen LogP contribution in [0, 0.1) is 6.92 Å². The smallest absolute Gasteiger partial charge is 0.330 e. The van der Waals surface area contributed by atoms with Crippen molar-refractivity contribution in [1.29, 1.82) is 0 Å². The Morgan fingerprint density at radius 1 is 1.32 bits per heavy atom. The number of methoxy groups -OCH3 is 2. The van der Waals surface area contributed by atoms with Gasteiger partial charge in [-0.2, -0.15) is 0 Å². The van der Waals surface area contributed by atoms with Crippen LogP contribution in [0.5, 0.6) is 5.88 Å². The van der Waals surface area contributed by atoms with Crippen LogP contribution < -0.4 is 4.74 Å². The van der Waals surface area contributed by atoms with Crippen LogP contribution in [0.2, 0.25) is 0 Å². The van der Waals surface area contributed by atoms with Gasteiger partial charge in [0.1, 0.15) is 0 Å². The first-order valence-electron chi connectivity index (χ1n) is 6.11. The van der Waals surface area contributed by atoms with Crippen LogP contribution in [0.4, 0.5) is 0 Å². The maximum atomic E-state index is 11.2. The summed E-state index contributed by atoms with van der Waals surface area (Å²) in [6.45, 7) is 8.22. The average Bonchev–Trinajstić information content (AvgIpc) is 2.34. The molecule has 0 saturated carbocycles. The van der Waals surface area contributed by atoms with E-state index in [4.69, 9.17) is 4.74 Å². The lowest BCUT2D eigenvalue weighted by atomic mass is 9.83. The van der Waals surface area contributed by atoms with Gasteiger partial charge in [-0.1, -0.05) is 20.8 Å². The SMILES string of the molecule is COC(=O)/C=C\c1c(C(C)(C)C)cc(OC)nc1C. The van der Waals surface area contributed by atoms with Crippen LogP contribution in [0.3, 0.4) is 0 Å². The zero-order valence-electron chi connectivity index (χ0n) is 12.4. The van der Waals surface area contributed by atoms with Gasteiger partial charge in [0, 0.05) is 17.8 Å². The van der Waals surface area contributed by atoms with Crippen molar-refractivity contribution in [3.63, 3.8) is 0 Å². The molecule has 0 aromatic carbocycles. The van der Waals surface area contributed by atoms with Gasteiger partial charge in [-0.25, -0.2) is 9.78 Å². The third-order valence-corrected chi connectivity index (χ3v) is 2.83. The number of ether oxygens (including phenoxy) is 2. The van der Waals surface area contributed by atoms with E-state index in [9.17, 15) is 4.79 Å². The predicted octanol–water partition coefficient (Wildman–Crippen LogP) is 2.88. The van der Waals surface area contributed by atoms with Gasteiger partial charge in [-0.15, -0.1) is 0 Å². The summed E-state index contributed by atoms with van der Waals surface area (Å²) in [5.74, 6) is 0.202. The molecule has 0 amide bonds. The maximum absolute atomic E-state index is 11.2. The number of esters is 1. The Labute approximate surface area is 114 Å². The number of hydrogen-bond donors (Lipinski definition) is 0. The van der Waals surface area contributed by atoms with E-state index in [0.29, 0.717) is 5.88 Å². The fraction of sp³-hybridized carbons (Fsp3) is 0.467. The van der Waals surface area contributed by atoms with Crippen molar-refractivity contribution in [2.45, 2.75) is 33.1 Å². The molecular formula is C15H21NO3. The third-order valence-electron chi connectivity index (χ3n) is 2.83. The molecule has 0 bridgehead atoms. The summed E-state index contributed by atoms with van der Waals surface area (Å²) in [5.41, 5.74) is 2.76. The summed E-state index contributed by atoms with van der Waals surface area (Å²) in [6.07, 6.45) is 3.15. The zero-order valence-corrected chi connectivity index (χ0v) is 12.4. The summed E-state index contributed by atoms with van der Waals surface area (Å²) in [5, 5.41) is 0. The Hall–Kier alpha value is -1.84. The molecule has 4 heteroatoms. The lowest BCUT2D eigenvalue weighted by Gasteiger charge is -2.23. The van der Waals surface area contributed by atoms with Crippen molar-refractivity contribution in [2.75, 3.05) is 14.2 Å². The number of hydrogen-bond acceptors (Lipinski definition) is 4. The Morgan fingerprint density at radius 3 is 2.42 bits per heavy atom. The molecule has 4 nitrogen and oxygen atoms in total. The fourth-order valence-corrected chi connectivity index (χ4v) is 1.81. The number of carbonyl (C=O) groups excluding carboxylic acids is 1. The highest BCUT2D eigenvalue weighted by atomic mass is 16.5. The van der Waals surface area contributed by atoms with E-state index >= 15 is 0 Å². The van der Waals surface area contributed by atoms with Crippen LogP contribution in [0.15, 0.2) is 12.1 Å². The van der Waals surface area contributed by atoms with Crippen molar-refractivity contribution >= 4 is 12.0 Å². The van der Waals surface area contributed by atoms with Crippen LogP contribution in [0.25, 0.3) is 6.08 Å². The molecule has 0 aliphatic heterocycles. The Morgan fingerprint density at radius 2 is 1.95 bits per heavy atom. The second-order valence-electron chi connectivity index (χ2n) is 5.32. The highest BCUT2D eigenvalue weighted by molar-refractivity contribution is 5.87. The number of carbonyl (C=O) groups is 1. The molecule has 0 spiro atoms. The lowest BCUT2D eigenvalue weighted by Crippen LogP contribution is -2.15. The Balaban J connectivity index is 3.36. The first-order chi connectivity index (χ1) is 8.79. The topological polar surface area (TPSA) is 48.4 Å². The van der Waals surface area contributed by atoms with Crippen LogP contribution in [-0.2, 0) is 14.9 Å². The summed E-state index contributed by atoms with van der Waals surface area (Å²) in [7, 11) is 2.95. The van der Waals surface area contributed by atoms with E-state index in [-0.39, 0.29) is 11.4 Å². The molecule has 1 aromatic rings. The average molecular weight is 263 g/mol. The minimum atomic E-state index is -0.380. The second kappa shape index (κ2) is 5.87. The molecule has 1 aromatic heterocycles. The summed E-state index contributed by atoms with van der Waals surface area (Å²) < 4.78 is 9.82. The number of rotatable bonds is 3. The van der Waals surface area contributed by atoms with Gasteiger partial charge in [0.2, 0.25) is 5.88 Å². The highest BCUT2D eigenvalue weighted by Gasteiger charge is 2.20. The van der Waals surface area contributed by atoms with Gasteiger partial charge in [-0.3, -0.25) is 0 Å². The summed E-state index contributed by atoms with van der Waals surface area (Å²) >= 11 is 0. The number of pyridine rings is 1. The predicted molar refractivity (Wildman–Crippen MR) is 75.3 cm³/mol. The van der Waals surface area contributed by atoms with Crippen molar-refractivity contribution < 1.29 is 14.3 Å². The van der Waals surface area contributed by atoms with E-state index in [2.05, 4.69) is 30.5 Å². The molecule has 0 fully saturated rings. The first-order valence-corrected chi connectivity index (χ1v) is 6.11. The van der Waals surface area contributed by atoms with Gasteiger partial charge < -0.3 is 9.47 Å². The summed E-state index contributed by atoms with van der Waals surface area (Å²) in [4.78, 5) is 15.6. The van der Waals surface area contributed by atoms with E-state index in [1.54, 1.807) is 13.2 Å². The minimum Gasteiger partial charge on any atom is -0.481 e. The highest BCUT2D eigenvalue weighted by Crippen LogP contribution is 2.31. The molecule has 1 heterocycles. The number of nitrogens with zero attached hydrogens (tertiary/aromatic N) is 1. The van der Waals surface area contributed by atoms with Crippen molar-refractivity contribution in [2.24, 2.45) is 0 Å². The normalized spacial score (nSPS) is 11.7. The van der Waals surface area contributed by atoms with Crippen LogP contribution in [-0.4, -0.2) is 25.2 Å². The first kappa shape index (κ1) is 15.2. The van der Waals surface area contributed by atoms with Crippen molar-refractivity contribution in [3.8, 4) is 5.88 Å². The van der Waals surface area contributed by atoms with Crippen LogP contribution >= 0.6 is 0 Å². The molecule has 0 aliphatic rings. The van der Waals surface area contributed by atoms with Gasteiger partial charge in [0.15, 0.2) is 0 Å².